The molecule has 0 aliphatic carbocycles. The van der Waals surface area contributed by atoms with Crippen molar-refractivity contribution in [1.82, 2.24) is 10.2 Å². The molecule has 0 aromatic heterocycles. The monoisotopic (exact) mass is 637 g/mol. The number of benzene rings is 3. The van der Waals surface area contributed by atoms with E-state index >= 15 is 0 Å². The summed E-state index contributed by atoms with van der Waals surface area (Å²) in [7, 11) is -3.73. The summed E-state index contributed by atoms with van der Waals surface area (Å²) in [6, 6.07) is 20.3. The molecule has 1 atom stereocenters. The third kappa shape index (κ3) is 9.92. The molecule has 41 heavy (non-hydrogen) atoms. The third-order valence-corrected chi connectivity index (χ3v) is 8.24. The van der Waals surface area contributed by atoms with E-state index in [1.54, 1.807) is 29.2 Å². The largest absolute Gasteiger partial charge is 0.352 e. The Bertz CT molecular complexity index is 1450. The van der Waals surface area contributed by atoms with Crippen molar-refractivity contribution in [1.29, 1.82) is 0 Å². The Labute approximate surface area is 257 Å². The van der Waals surface area contributed by atoms with Crippen LogP contribution in [0.15, 0.2) is 72.8 Å². The molecule has 0 heterocycles. The standard InChI is InChI=1S/C30H34Cl3N3O4S/c1-21(2)34-30(38)28(18-22-9-5-4-6-10-22)35(20-23-11-7-12-24(31)17-23)29(37)13-8-16-36(41(3,39)40)27-19-25(32)14-15-26(27)33/h4-7,9-12,14-15,17,19,21,28H,8,13,16,18,20H2,1-3H3,(H,34,38)/t28-/m1/s1. The van der Waals surface area contributed by atoms with Gasteiger partial charge >= 0.3 is 0 Å². The number of nitrogens with one attached hydrogen (secondary N) is 1. The maximum atomic E-state index is 13.8. The zero-order chi connectivity index (χ0) is 30.2. The fourth-order valence-electron chi connectivity index (χ4n) is 4.43. The van der Waals surface area contributed by atoms with E-state index in [-0.39, 0.29) is 54.5 Å². The molecule has 3 aromatic rings. The molecule has 2 amide bonds. The Morgan fingerprint density at radius 2 is 1.54 bits per heavy atom. The number of carbonyl (C=O) groups excluding carboxylic acids is 2. The molecule has 0 bridgehead atoms. The second kappa shape index (κ2) is 14.9. The molecule has 3 rings (SSSR count). The second-order valence-corrected chi connectivity index (χ2v) is 13.2. The van der Waals surface area contributed by atoms with E-state index < -0.39 is 16.1 Å². The van der Waals surface area contributed by atoms with Gasteiger partial charge < -0.3 is 10.2 Å². The average molecular weight is 639 g/mol. The first kappa shape index (κ1) is 32.7. The molecule has 0 aliphatic rings. The summed E-state index contributed by atoms with van der Waals surface area (Å²) in [5, 5.41) is 4.03. The smallest absolute Gasteiger partial charge is 0.243 e. The Hall–Kier alpha value is -2.78. The number of rotatable bonds is 13. The van der Waals surface area contributed by atoms with E-state index in [0.717, 1.165) is 21.7 Å². The van der Waals surface area contributed by atoms with Gasteiger partial charge in [0.05, 0.1) is 17.0 Å². The quantitative estimate of drug-likeness (QED) is 0.236. The van der Waals surface area contributed by atoms with Crippen molar-refractivity contribution in [2.45, 2.75) is 51.7 Å². The lowest BCUT2D eigenvalue weighted by atomic mass is 10.0. The van der Waals surface area contributed by atoms with Crippen LogP contribution >= 0.6 is 34.8 Å². The summed E-state index contributed by atoms with van der Waals surface area (Å²) < 4.78 is 26.4. The molecular formula is C30H34Cl3N3O4S. The van der Waals surface area contributed by atoms with Gasteiger partial charge in [0.2, 0.25) is 21.8 Å². The highest BCUT2D eigenvalue weighted by atomic mass is 35.5. The topological polar surface area (TPSA) is 86.8 Å². The summed E-state index contributed by atoms with van der Waals surface area (Å²) in [5.74, 6) is -0.571. The minimum atomic E-state index is -3.73. The third-order valence-electron chi connectivity index (χ3n) is 6.27. The normalized spacial score (nSPS) is 12.2. The Morgan fingerprint density at radius 3 is 2.17 bits per heavy atom. The van der Waals surface area contributed by atoms with Crippen LogP contribution < -0.4 is 9.62 Å². The highest BCUT2D eigenvalue weighted by Crippen LogP contribution is 2.31. The van der Waals surface area contributed by atoms with E-state index in [2.05, 4.69) is 5.32 Å². The lowest BCUT2D eigenvalue weighted by Crippen LogP contribution is -2.51. The molecule has 0 saturated carbocycles. The van der Waals surface area contributed by atoms with Crippen LogP contribution in [-0.4, -0.2) is 50.0 Å². The number of halogens is 3. The van der Waals surface area contributed by atoms with Crippen LogP contribution in [0.1, 0.15) is 37.8 Å². The van der Waals surface area contributed by atoms with Gasteiger partial charge in [0.15, 0.2) is 0 Å². The van der Waals surface area contributed by atoms with Gasteiger partial charge in [0.1, 0.15) is 6.04 Å². The van der Waals surface area contributed by atoms with Crippen LogP contribution in [-0.2, 0) is 32.6 Å². The molecule has 3 aromatic carbocycles. The molecule has 7 nitrogen and oxygen atoms in total. The minimum absolute atomic E-state index is 0.00279. The van der Waals surface area contributed by atoms with Crippen molar-refractivity contribution in [3.05, 3.63) is 99.0 Å². The Kier molecular flexibility index (Phi) is 11.9. The van der Waals surface area contributed by atoms with Crippen molar-refractivity contribution in [2.75, 3.05) is 17.1 Å². The average Bonchev–Trinajstić information content (AvgIpc) is 2.89. The summed E-state index contributed by atoms with van der Waals surface area (Å²) in [6.45, 7) is 3.87. The lowest BCUT2D eigenvalue weighted by Gasteiger charge is -2.32. The number of hydrogen-bond donors (Lipinski definition) is 1. The molecule has 0 radical (unpaired) electrons. The molecule has 220 valence electrons. The van der Waals surface area contributed by atoms with Crippen molar-refractivity contribution in [3.63, 3.8) is 0 Å². The van der Waals surface area contributed by atoms with Crippen LogP contribution in [0.3, 0.4) is 0 Å². The Balaban J connectivity index is 1.90. The molecule has 11 heteroatoms. The molecule has 1 N–H and O–H groups in total. The summed E-state index contributed by atoms with van der Waals surface area (Å²) >= 11 is 18.6. The molecule has 0 aliphatic heterocycles. The van der Waals surface area contributed by atoms with E-state index in [4.69, 9.17) is 34.8 Å². The van der Waals surface area contributed by atoms with Crippen LogP contribution in [0, 0.1) is 0 Å². The number of sulfonamides is 1. The number of anilines is 1. The SMILES string of the molecule is CC(C)NC(=O)[C@@H](Cc1ccccc1)N(Cc1cccc(Cl)c1)C(=O)CCCN(c1cc(Cl)ccc1Cl)S(C)(=O)=O. The maximum absolute atomic E-state index is 13.8. The van der Waals surface area contributed by atoms with Gasteiger partial charge in [0.25, 0.3) is 0 Å². The number of amides is 2. The first-order chi connectivity index (χ1) is 19.3. The molecule has 0 saturated heterocycles. The minimum Gasteiger partial charge on any atom is -0.352 e. The van der Waals surface area contributed by atoms with E-state index in [1.165, 1.54) is 12.1 Å². The Morgan fingerprint density at radius 1 is 0.878 bits per heavy atom. The zero-order valence-electron chi connectivity index (χ0n) is 23.2. The van der Waals surface area contributed by atoms with Crippen LogP contribution in [0.25, 0.3) is 0 Å². The lowest BCUT2D eigenvalue weighted by molar-refractivity contribution is -0.141. The van der Waals surface area contributed by atoms with Crippen molar-refractivity contribution in [2.24, 2.45) is 0 Å². The number of hydrogen-bond acceptors (Lipinski definition) is 4. The van der Waals surface area contributed by atoms with Crippen molar-refractivity contribution >= 4 is 62.3 Å². The van der Waals surface area contributed by atoms with Gasteiger partial charge in [-0.15, -0.1) is 0 Å². The van der Waals surface area contributed by atoms with E-state index in [9.17, 15) is 18.0 Å². The fourth-order valence-corrected chi connectivity index (χ4v) is 6.04. The zero-order valence-corrected chi connectivity index (χ0v) is 26.3. The molecule has 0 spiro atoms. The molecular weight excluding hydrogens is 605 g/mol. The number of nitrogens with zero attached hydrogens (tertiary/aromatic N) is 2. The van der Waals surface area contributed by atoms with Gasteiger partial charge in [-0.05, 0) is 61.7 Å². The van der Waals surface area contributed by atoms with Crippen LogP contribution in [0.2, 0.25) is 15.1 Å². The summed E-state index contributed by atoms with van der Waals surface area (Å²) in [4.78, 5) is 28.9. The van der Waals surface area contributed by atoms with Crippen LogP contribution in [0.5, 0.6) is 0 Å². The van der Waals surface area contributed by atoms with E-state index in [0.29, 0.717) is 16.5 Å². The summed E-state index contributed by atoms with van der Waals surface area (Å²) in [6.07, 6.45) is 1.55. The number of carbonyl (C=O) groups is 2. The predicted octanol–water partition coefficient (Wildman–Crippen LogP) is 6.36. The van der Waals surface area contributed by atoms with Gasteiger partial charge in [-0.25, -0.2) is 8.42 Å². The first-order valence-corrected chi connectivity index (χ1v) is 16.1. The molecule has 0 unspecified atom stereocenters. The van der Waals surface area contributed by atoms with Crippen molar-refractivity contribution < 1.29 is 18.0 Å². The second-order valence-electron chi connectivity index (χ2n) is 10.1. The van der Waals surface area contributed by atoms with Gasteiger partial charge in [-0.2, -0.15) is 0 Å². The van der Waals surface area contributed by atoms with Crippen LogP contribution in [0.4, 0.5) is 5.69 Å². The fraction of sp³-hybridized carbons (Fsp3) is 0.333. The maximum Gasteiger partial charge on any atom is 0.243 e. The summed E-state index contributed by atoms with van der Waals surface area (Å²) in [5.41, 5.74) is 1.91. The van der Waals surface area contributed by atoms with E-state index in [1.807, 2.05) is 50.2 Å². The van der Waals surface area contributed by atoms with Gasteiger partial charge in [-0.3, -0.25) is 13.9 Å². The van der Waals surface area contributed by atoms with Crippen molar-refractivity contribution in [3.8, 4) is 0 Å². The molecule has 0 fully saturated rings. The van der Waals surface area contributed by atoms with Gasteiger partial charge in [-0.1, -0.05) is 77.3 Å². The highest BCUT2D eigenvalue weighted by Gasteiger charge is 2.31. The first-order valence-electron chi connectivity index (χ1n) is 13.2. The highest BCUT2D eigenvalue weighted by molar-refractivity contribution is 7.92. The predicted molar refractivity (Wildman–Crippen MR) is 167 cm³/mol. The van der Waals surface area contributed by atoms with Gasteiger partial charge in [0, 0.05) is 42.0 Å².